The van der Waals surface area contributed by atoms with Crippen molar-refractivity contribution in [3.63, 3.8) is 0 Å². The number of ether oxygens (including phenoxy) is 2. The van der Waals surface area contributed by atoms with Gasteiger partial charge in [0.1, 0.15) is 13.2 Å². The Morgan fingerprint density at radius 1 is 0.714 bits per heavy atom. The Hall–Kier alpha value is -1.52. The van der Waals surface area contributed by atoms with E-state index in [1.807, 2.05) is 4.90 Å². The molecule has 0 aliphatic carbocycles. The smallest absolute Gasteiger partial charge is 0.409 e. The van der Waals surface area contributed by atoms with Gasteiger partial charge in [-0.3, -0.25) is 0 Å². The number of carbonyl (C=O) groups is 2. The van der Waals surface area contributed by atoms with Crippen LogP contribution in [0.2, 0.25) is 0 Å². The summed E-state index contributed by atoms with van der Waals surface area (Å²) in [4.78, 5) is 25.6. The lowest BCUT2D eigenvalue weighted by Gasteiger charge is -2.22. The summed E-state index contributed by atoms with van der Waals surface area (Å²) in [6.45, 7) is 11.2. The number of nitrogens with zero attached hydrogens (tertiary/aromatic N) is 1. The van der Waals surface area contributed by atoms with Gasteiger partial charge in [0, 0.05) is 18.7 Å². The molecular weight excluding hydrogens is 354 g/mol. The molecule has 164 valence electrons. The molecule has 0 unspecified atom stereocenters. The fourth-order valence-corrected chi connectivity index (χ4v) is 2.94. The summed E-state index contributed by atoms with van der Waals surface area (Å²) in [6, 6.07) is 0. The maximum atomic E-state index is 12.4. The zero-order valence-electron chi connectivity index (χ0n) is 18.6. The number of hydrogen-bond acceptors (Lipinski definition) is 4. The van der Waals surface area contributed by atoms with Crippen LogP contribution < -0.4 is 0 Å². The largest absolute Gasteiger partial charge is 0.459 e. The van der Waals surface area contributed by atoms with E-state index in [0.717, 1.165) is 38.8 Å². The van der Waals surface area contributed by atoms with Gasteiger partial charge in [-0.15, -0.1) is 0 Å². The van der Waals surface area contributed by atoms with E-state index in [4.69, 9.17) is 9.47 Å². The molecule has 5 nitrogen and oxygen atoms in total. The first-order chi connectivity index (χ1) is 13.5. The maximum Gasteiger partial charge on any atom is 0.409 e. The monoisotopic (exact) mass is 397 g/mol. The molecule has 0 saturated carbocycles. The molecule has 5 heteroatoms. The minimum Gasteiger partial charge on any atom is -0.459 e. The number of carbonyl (C=O) groups excluding carboxylic acids is 2. The molecule has 0 N–H and O–H groups in total. The molecule has 0 fully saturated rings. The minimum atomic E-state index is -0.452. The average molecular weight is 398 g/mol. The molecule has 0 aliphatic rings. The highest BCUT2D eigenvalue weighted by Gasteiger charge is 2.14. The van der Waals surface area contributed by atoms with E-state index in [-0.39, 0.29) is 19.3 Å². The molecule has 0 radical (unpaired) electrons. The second kappa shape index (κ2) is 18.8. The first-order valence-electron chi connectivity index (χ1n) is 11.3. The summed E-state index contributed by atoms with van der Waals surface area (Å²) in [5.74, 6) is -0.452. The number of rotatable bonds is 18. The SMILES string of the molecule is C=C(C)C(=O)OCCOC(=O)N(CCCCCCCC)CCCCCCCC. The van der Waals surface area contributed by atoms with Crippen LogP contribution in [0, 0.1) is 0 Å². The van der Waals surface area contributed by atoms with Gasteiger partial charge in [0.2, 0.25) is 0 Å². The number of esters is 1. The second-order valence-corrected chi connectivity index (χ2v) is 7.55. The molecule has 0 spiro atoms. The van der Waals surface area contributed by atoms with Crippen molar-refractivity contribution >= 4 is 12.1 Å². The number of amides is 1. The predicted molar refractivity (Wildman–Crippen MR) is 115 cm³/mol. The van der Waals surface area contributed by atoms with Crippen LogP contribution in [0.25, 0.3) is 0 Å². The molecule has 0 aromatic rings. The van der Waals surface area contributed by atoms with Gasteiger partial charge >= 0.3 is 12.1 Å². The summed E-state index contributed by atoms with van der Waals surface area (Å²) < 4.78 is 10.3. The highest BCUT2D eigenvalue weighted by atomic mass is 16.6. The van der Waals surface area contributed by atoms with Crippen LogP contribution in [0.1, 0.15) is 97.8 Å². The third kappa shape index (κ3) is 15.5. The fraction of sp³-hybridized carbons (Fsp3) is 0.826. The van der Waals surface area contributed by atoms with Gasteiger partial charge in [-0.2, -0.15) is 0 Å². The summed E-state index contributed by atoms with van der Waals surface area (Å²) in [7, 11) is 0. The van der Waals surface area contributed by atoms with Crippen LogP contribution in [-0.4, -0.2) is 43.3 Å². The zero-order valence-corrected chi connectivity index (χ0v) is 18.6. The third-order valence-corrected chi connectivity index (χ3v) is 4.71. The summed E-state index contributed by atoms with van der Waals surface area (Å²) in [5, 5.41) is 0. The van der Waals surface area contributed by atoms with Crippen molar-refractivity contribution in [1.82, 2.24) is 4.90 Å². The van der Waals surface area contributed by atoms with Crippen LogP contribution >= 0.6 is 0 Å². The van der Waals surface area contributed by atoms with Gasteiger partial charge in [-0.1, -0.05) is 84.6 Å². The van der Waals surface area contributed by atoms with Crippen LogP contribution in [0.3, 0.4) is 0 Å². The molecular formula is C23H43NO4. The summed E-state index contributed by atoms with van der Waals surface area (Å²) in [6.07, 6.45) is 14.1. The van der Waals surface area contributed by atoms with E-state index < -0.39 is 5.97 Å². The van der Waals surface area contributed by atoms with Crippen molar-refractivity contribution in [1.29, 1.82) is 0 Å². The Labute approximate surface area is 172 Å². The van der Waals surface area contributed by atoms with E-state index in [9.17, 15) is 9.59 Å². The lowest BCUT2D eigenvalue weighted by Crippen LogP contribution is -2.34. The summed E-state index contributed by atoms with van der Waals surface area (Å²) >= 11 is 0. The first-order valence-corrected chi connectivity index (χ1v) is 11.3. The topological polar surface area (TPSA) is 55.8 Å². The molecule has 1 amide bonds. The predicted octanol–water partition coefficient (Wildman–Crippen LogP) is 6.27. The Bertz CT molecular complexity index is 407. The van der Waals surface area contributed by atoms with Crippen LogP contribution in [0.15, 0.2) is 12.2 Å². The van der Waals surface area contributed by atoms with Gasteiger partial charge in [0.25, 0.3) is 0 Å². The fourth-order valence-electron chi connectivity index (χ4n) is 2.94. The van der Waals surface area contributed by atoms with Gasteiger partial charge in [0.15, 0.2) is 0 Å². The highest BCUT2D eigenvalue weighted by Crippen LogP contribution is 2.10. The number of hydrogen-bond donors (Lipinski definition) is 0. The highest BCUT2D eigenvalue weighted by molar-refractivity contribution is 5.86. The van der Waals surface area contributed by atoms with Crippen molar-refractivity contribution in [2.24, 2.45) is 0 Å². The van der Waals surface area contributed by atoms with Crippen LogP contribution in [-0.2, 0) is 14.3 Å². The normalized spacial score (nSPS) is 10.5. The maximum absolute atomic E-state index is 12.4. The summed E-state index contributed by atoms with van der Waals surface area (Å²) in [5.41, 5.74) is 0.346. The molecule has 0 aromatic heterocycles. The number of unbranched alkanes of at least 4 members (excludes halogenated alkanes) is 10. The Balaban J connectivity index is 4.18. The molecule has 0 aliphatic heterocycles. The van der Waals surface area contributed by atoms with Crippen molar-refractivity contribution in [3.8, 4) is 0 Å². The van der Waals surface area contributed by atoms with E-state index >= 15 is 0 Å². The molecule has 0 bridgehead atoms. The lowest BCUT2D eigenvalue weighted by atomic mass is 10.1. The van der Waals surface area contributed by atoms with Crippen molar-refractivity contribution in [3.05, 3.63) is 12.2 Å². The van der Waals surface area contributed by atoms with Gasteiger partial charge < -0.3 is 14.4 Å². The van der Waals surface area contributed by atoms with Crippen molar-refractivity contribution < 1.29 is 19.1 Å². The van der Waals surface area contributed by atoms with Gasteiger partial charge in [-0.25, -0.2) is 9.59 Å². The molecule has 0 atom stereocenters. The van der Waals surface area contributed by atoms with E-state index in [1.54, 1.807) is 6.92 Å². The Morgan fingerprint density at radius 2 is 1.14 bits per heavy atom. The molecule has 0 rings (SSSR count). The van der Waals surface area contributed by atoms with Crippen molar-refractivity contribution in [2.45, 2.75) is 97.8 Å². The Morgan fingerprint density at radius 3 is 1.61 bits per heavy atom. The Kier molecular flexibility index (Phi) is 17.8. The van der Waals surface area contributed by atoms with Crippen LogP contribution in [0.4, 0.5) is 4.79 Å². The molecule has 0 aromatic carbocycles. The molecule has 0 saturated heterocycles. The van der Waals surface area contributed by atoms with Crippen molar-refractivity contribution in [2.75, 3.05) is 26.3 Å². The second-order valence-electron chi connectivity index (χ2n) is 7.55. The molecule has 0 heterocycles. The average Bonchev–Trinajstić information content (AvgIpc) is 2.68. The minimum absolute atomic E-state index is 0.0688. The van der Waals surface area contributed by atoms with Gasteiger partial charge in [-0.05, 0) is 19.8 Å². The third-order valence-electron chi connectivity index (χ3n) is 4.71. The van der Waals surface area contributed by atoms with E-state index in [0.29, 0.717) is 5.57 Å². The first kappa shape index (κ1) is 26.5. The zero-order chi connectivity index (χ0) is 21.0. The van der Waals surface area contributed by atoms with Gasteiger partial charge in [0.05, 0.1) is 0 Å². The quantitative estimate of drug-likeness (QED) is 0.155. The van der Waals surface area contributed by atoms with E-state index in [1.165, 1.54) is 51.4 Å². The van der Waals surface area contributed by atoms with E-state index in [2.05, 4.69) is 20.4 Å². The standard InChI is InChI=1S/C23H43NO4/c1-5-7-9-11-13-15-17-24(18-16-14-12-10-8-6-2)23(26)28-20-19-27-22(25)21(3)4/h3,5-20H2,1-2,4H3. The molecule has 28 heavy (non-hydrogen) atoms. The lowest BCUT2D eigenvalue weighted by molar-refractivity contribution is -0.140. The van der Waals surface area contributed by atoms with Crippen LogP contribution in [0.5, 0.6) is 0 Å².